The first-order chi connectivity index (χ1) is 9.34. The van der Waals surface area contributed by atoms with Crippen molar-refractivity contribution in [3.63, 3.8) is 0 Å². The summed E-state index contributed by atoms with van der Waals surface area (Å²) in [5.41, 5.74) is 1.30. The predicted molar refractivity (Wildman–Crippen MR) is 79.4 cm³/mol. The Balaban J connectivity index is 1.95. The minimum Gasteiger partial charge on any atom is -0.336 e. The van der Waals surface area contributed by atoms with Gasteiger partial charge in [-0.15, -0.1) is 0 Å². The van der Waals surface area contributed by atoms with Crippen LogP contribution in [0, 0.1) is 0 Å². The van der Waals surface area contributed by atoms with E-state index in [-0.39, 0.29) is 12.6 Å². The molecule has 1 aliphatic carbocycles. The van der Waals surface area contributed by atoms with Gasteiger partial charge in [-0.1, -0.05) is 24.5 Å². The summed E-state index contributed by atoms with van der Waals surface area (Å²) >= 11 is 0. The lowest BCUT2D eigenvalue weighted by molar-refractivity contribution is 0.200. The molecule has 2 amide bonds. The van der Waals surface area contributed by atoms with Gasteiger partial charge in [0.2, 0.25) is 0 Å². The lowest BCUT2D eigenvalue weighted by atomic mass is 10.1. The highest BCUT2D eigenvalue weighted by Crippen LogP contribution is 2.35. The van der Waals surface area contributed by atoms with E-state index in [1.807, 2.05) is 6.08 Å². The van der Waals surface area contributed by atoms with E-state index in [1.54, 1.807) is 4.90 Å². The van der Waals surface area contributed by atoms with Crippen molar-refractivity contribution in [1.82, 2.24) is 10.2 Å². The fourth-order valence-electron chi connectivity index (χ4n) is 3.00. The second-order valence-corrected chi connectivity index (χ2v) is 8.48. The van der Waals surface area contributed by atoms with Crippen molar-refractivity contribution >= 4 is 15.9 Å². The van der Waals surface area contributed by atoms with E-state index in [1.165, 1.54) is 11.8 Å². The first kappa shape index (κ1) is 15.4. The maximum Gasteiger partial charge on any atom is 0.317 e. The molecule has 1 saturated carbocycles. The van der Waals surface area contributed by atoms with Crippen LogP contribution < -0.4 is 5.32 Å². The van der Waals surface area contributed by atoms with Gasteiger partial charge >= 0.3 is 6.03 Å². The summed E-state index contributed by atoms with van der Waals surface area (Å²) in [4.78, 5) is 13.9. The van der Waals surface area contributed by atoms with Gasteiger partial charge in [-0.3, -0.25) is 0 Å². The average Bonchev–Trinajstić information content (AvgIpc) is 2.86. The number of amides is 2. The van der Waals surface area contributed by atoms with Crippen molar-refractivity contribution in [3.05, 3.63) is 11.6 Å². The fourth-order valence-corrected chi connectivity index (χ4v) is 4.37. The van der Waals surface area contributed by atoms with Crippen LogP contribution in [0.2, 0.25) is 0 Å². The van der Waals surface area contributed by atoms with Gasteiger partial charge < -0.3 is 10.2 Å². The number of nitrogens with zero attached hydrogens (tertiary/aromatic N) is 1. The van der Waals surface area contributed by atoms with Crippen LogP contribution in [0.5, 0.6) is 0 Å². The van der Waals surface area contributed by atoms with Gasteiger partial charge in [0.05, 0.1) is 4.75 Å². The second-order valence-electron chi connectivity index (χ2n) is 6.07. The van der Waals surface area contributed by atoms with E-state index in [9.17, 15) is 13.2 Å². The Labute approximate surface area is 121 Å². The molecule has 0 atom stereocenters. The van der Waals surface area contributed by atoms with Gasteiger partial charge in [-0.05, 0) is 26.2 Å². The largest absolute Gasteiger partial charge is 0.336 e. The summed E-state index contributed by atoms with van der Waals surface area (Å²) in [6.07, 6.45) is 7.40. The summed E-state index contributed by atoms with van der Waals surface area (Å²) in [5.74, 6) is 0. The Kier molecular flexibility index (Phi) is 4.42. The van der Waals surface area contributed by atoms with Crippen LogP contribution in [0.1, 0.15) is 39.0 Å². The zero-order valence-electron chi connectivity index (χ0n) is 12.3. The standard InChI is InChI=1S/C14H24N2O3S/c1-12-5-9-16(10-6-12)13(17)15-11-14(20(2,18)19)7-3-4-8-14/h5H,3-4,6-11H2,1-2H3,(H,15,17). The van der Waals surface area contributed by atoms with Crippen molar-refractivity contribution in [1.29, 1.82) is 0 Å². The molecule has 0 unspecified atom stereocenters. The molecule has 20 heavy (non-hydrogen) atoms. The fraction of sp³-hybridized carbons (Fsp3) is 0.786. The number of carbonyl (C=O) groups is 1. The van der Waals surface area contributed by atoms with E-state index in [0.29, 0.717) is 25.9 Å². The third-order valence-electron chi connectivity index (χ3n) is 4.59. The Morgan fingerprint density at radius 2 is 2.05 bits per heavy atom. The second kappa shape index (κ2) is 5.76. The zero-order chi connectivity index (χ0) is 14.8. The minimum absolute atomic E-state index is 0.149. The Morgan fingerprint density at radius 3 is 2.55 bits per heavy atom. The number of carbonyl (C=O) groups excluding carboxylic acids is 1. The molecular weight excluding hydrogens is 276 g/mol. The lowest BCUT2D eigenvalue weighted by Crippen LogP contribution is -2.50. The number of nitrogens with one attached hydrogen (secondary N) is 1. The smallest absolute Gasteiger partial charge is 0.317 e. The molecule has 6 heteroatoms. The molecule has 1 aliphatic heterocycles. The molecule has 2 rings (SSSR count). The first-order valence-electron chi connectivity index (χ1n) is 7.22. The van der Waals surface area contributed by atoms with Crippen molar-refractivity contribution in [2.45, 2.75) is 43.8 Å². The number of rotatable bonds is 3. The van der Waals surface area contributed by atoms with E-state index in [0.717, 1.165) is 19.3 Å². The van der Waals surface area contributed by atoms with Crippen molar-refractivity contribution in [3.8, 4) is 0 Å². The summed E-state index contributed by atoms with van der Waals surface area (Å²) in [6.45, 7) is 3.62. The number of urea groups is 1. The molecule has 0 radical (unpaired) electrons. The molecular formula is C14H24N2O3S. The molecule has 2 aliphatic rings. The van der Waals surface area contributed by atoms with Crippen molar-refractivity contribution in [2.24, 2.45) is 0 Å². The Bertz CT molecular complexity index is 505. The molecule has 0 bridgehead atoms. The van der Waals surface area contributed by atoms with Crippen LogP contribution in [0.15, 0.2) is 11.6 Å². The number of hydrogen-bond acceptors (Lipinski definition) is 3. The highest BCUT2D eigenvalue weighted by atomic mass is 32.2. The maximum absolute atomic E-state index is 12.1. The van der Waals surface area contributed by atoms with Gasteiger partial charge in [0.25, 0.3) is 0 Å². The summed E-state index contributed by atoms with van der Waals surface area (Å²) in [7, 11) is -3.14. The Morgan fingerprint density at radius 1 is 1.40 bits per heavy atom. The van der Waals surface area contributed by atoms with Crippen LogP contribution in [-0.4, -0.2) is 50.0 Å². The van der Waals surface area contributed by atoms with Crippen LogP contribution in [0.3, 0.4) is 0 Å². The van der Waals surface area contributed by atoms with E-state index >= 15 is 0 Å². The normalized spacial score (nSPS) is 22.5. The topological polar surface area (TPSA) is 66.5 Å². The molecule has 0 saturated heterocycles. The average molecular weight is 300 g/mol. The van der Waals surface area contributed by atoms with Crippen LogP contribution in [-0.2, 0) is 9.84 Å². The maximum atomic E-state index is 12.1. The third-order valence-corrected chi connectivity index (χ3v) is 6.71. The molecule has 5 nitrogen and oxygen atoms in total. The third kappa shape index (κ3) is 3.16. The van der Waals surface area contributed by atoms with Gasteiger partial charge in [-0.25, -0.2) is 13.2 Å². The molecule has 1 fully saturated rings. The molecule has 0 aromatic rings. The van der Waals surface area contributed by atoms with Crippen LogP contribution >= 0.6 is 0 Å². The lowest BCUT2D eigenvalue weighted by Gasteiger charge is -2.30. The quantitative estimate of drug-likeness (QED) is 0.807. The predicted octanol–water partition coefficient (Wildman–Crippen LogP) is 1.71. The molecule has 0 spiro atoms. The summed E-state index contributed by atoms with van der Waals surface area (Å²) in [5, 5.41) is 2.84. The van der Waals surface area contributed by atoms with E-state index in [4.69, 9.17) is 0 Å². The van der Waals surface area contributed by atoms with Gasteiger partial charge in [0.1, 0.15) is 0 Å². The van der Waals surface area contributed by atoms with Crippen molar-refractivity contribution < 1.29 is 13.2 Å². The van der Waals surface area contributed by atoms with Gasteiger partial charge in [0.15, 0.2) is 9.84 Å². The molecule has 114 valence electrons. The van der Waals surface area contributed by atoms with E-state index < -0.39 is 14.6 Å². The zero-order valence-corrected chi connectivity index (χ0v) is 13.1. The highest BCUT2D eigenvalue weighted by Gasteiger charge is 2.43. The minimum atomic E-state index is -3.14. The van der Waals surface area contributed by atoms with Crippen LogP contribution in [0.25, 0.3) is 0 Å². The van der Waals surface area contributed by atoms with Crippen molar-refractivity contribution in [2.75, 3.05) is 25.9 Å². The monoisotopic (exact) mass is 300 g/mol. The van der Waals surface area contributed by atoms with Crippen LogP contribution in [0.4, 0.5) is 4.79 Å². The highest BCUT2D eigenvalue weighted by molar-refractivity contribution is 7.92. The van der Waals surface area contributed by atoms with Gasteiger partial charge in [0, 0.05) is 25.9 Å². The molecule has 1 N–H and O–H groups in total. The number of sulfone groups is 1. The first-order valence-corrected chi connectivity index (χ1v) is 9.11. The number of hydrogen-bond donors (Lipinski definition) is 1. The molecule has 0 aromatic carbocycles. The van der Waals surface area contributed by atoms with E-state index in [2.05, 4.69) is 12.2 Å². The molecule has 0 aromatic heterocycles. The Hall–Kier alpha value is -1.04. The molecule has 1 heterocycles. The SMILES string of the molecule is CC1=CCN(C(=O)NCC2(S(C)(=O)=O)CCCC2)CC1. The summed E-state index contributed by atoms with van der Waals surface area (Å²) in [6, 6.07) is -0.149. The van der Waals surface area contributed by atoms with Gasteiger partial charge in [-0.2, -0.15) is 0 Å². The summed E-state index contributed by atoms with van der Waals surface area (Å²) < 4.78 is 23.3.